The fourth-order valence-electron chi connectivity index (χ4n) is 5.98. The normalized spacial score (nSPS) is 11.3. The van der Waals surface area contributed by atoms with Gasteiger partial charge >= 0.3 is 0 Å². The Morgan fingerprint density at radius 1 is 0.381 bits per heavy atom. The van der Waals surface area contributed by atoms with E-state index in [1.54, 1.807) is 12.1 Å². The van der Waals surface area contributed by atoms with Gasteiger partial charge in [0.2, 0.25) is 0 Å². The largest absolute Gasteiger partial charge is 0.203 e. The Labute approximate surface area is 256 Å². The van der Waals surface area contributed by atoms with Gasteiger partial charge in [0.25, 0.3) is 0 Å². The molecule has 230 valence electrons. The Balaban J connectivity index is 1.42. The van der Waals surface area contributed by atoms with Gasteiger partial charge in [-0.15, -0.1) is 0 Å². The summed E-state index contributed by atoms with van der Waals surface area (Å²) >= 11 is 0. The summed E-state index contributed by atoms with van der Waals surface area (Å²) in [4.78, 5) is 0. The van der Waals surface area contributed by atoms with E-state index in [0.29, 0.717) is 23.1 Å². The van der Waals surface area contributed by atoms with Crippen LogP contribution in [0, 0.1) is 11.6 Å². The molecule has 0 aliphatic heterocycles. The molecule has 0 N–H and O–H groups in total. The van der Waals surface area contributed by atoms with Crippen LogP contribution in [0.4, 0.5) is 8.78 Å². The molecule has 3 rings (SSSR count). The lowest BCUT2D eigenvalue weighted by Gasteiger charge is -2.10. The minimum absolute atomic E-state index is 0.339. The molecule has 0 radical (unpaired) electrons. The second-order valence-electron chi connectivity index (χ2n) is 12.3. The maximum Gasteiger partial charge on any atom is 0.166 e. The second kappa shape index (κ2) is 20.4. The van der Waals surface area contributed by atoms with E-state index in [0.717, 1.165) is 30.4 Å². The fraction of sp³-hybridized carbons (Fsp3) is 0.550. The summed E-state index contributed by atoms with van der Waals surface area (Å²) in [6.07, 6.45) is 24.9. The molecule has 2 heteroatoms. The summed E-state index contributed by atoms with van der Waals surface area (Å²) in [6, 6.07) is 20.2. The lowest BCUT2D eigenvalue weighted by atomic mass is 9.96. The van der Waals surface area contributed by atoms with Crippen molar-refractivity contribution in [3.63, 3.8) is 0 Å². The summed E-state index contributed by atoms with van der Waals surface area (Å²) in [5.74, 6) is -1.41. The summed E-state index contributed by atoms with van der Waals surface area (Å²) in [5, 5.41) is 0. The third-order valence-corrected chi connectivity index (χ3v) is 8.76. The van der Waals surface area contributed by atoms with Crippen LogP contribution in [0.5, 0.6) is 0 Å². The predicted molar refractivity (Wildman–Crippen MR) is 179 cm³/mol. The van der Waals surface area contributed by atoms with Crippen molar-refractivity contribution < 1.29 is 8.78 Å². The highest BCUT2D eigenvalue weighted by Crippen LogP contribution is 2.30. The molecule has 0 saturated carbocycles. The zero-order valence-electron chi connectivity index (χ0n) is 26.7. The topological polar surface area (TPSA) is 0 Å². The Hall–Kier alpha value is -2.48. The average molecular weight is 575 g/mol. The lowest BCUT2D eigenvalue weighted by molar-refractivity contribution is 0.496. The minimum atomic E-state index is -0.724. The van der Waals surface area contributed by atoms with Gasteiger partial charge in [-0.25, -0.2) is 8.78 Å². The first-order valence-electron chi connectivity index (χ1n) is 17.3. The van der Waals surface area contributed by atoms with E-state index in [4.69, 9.17) is 0 Å². The number of benzene rings is 3. The smallest absolute Gasteiger partial charge is 0.166 e. The quantitative estimate of drug-likeness (QED) is 0.105. The summed E-state index contributed by atoms with van der Waals surface area (Å²) in [7, 11) is 0. The number of aryl methyl sites for hydroxylation is 2. The van der Waals surface area contributed by atoms with Crippen LogP contribution in [0.3, 0.4) is 0 Å². The van der Waals surface area contributed by atoms with E-state index in [2.05, 4.69) is 38.1 Å². The molecule has 0 aliphatic carbocycles. The first-order chi connectivity index (χ1) is 20.6. The van der Waals surface area contributed by atoms with Crippen LogP contribution in [0.2, 0.25) is 0 Å². The Morgan fingerprint density at radius 2 is 0.786 bits per heavy atom. The molecule has 0 heterocycles. The third-order valence-electron chi connectivity index (χ3n) is 8.76. The van der Waals surface area contributed by atoms with Crippen LogP contribution in [0.1, 0.15) is 141 Å². The van der Waals surface area contributed by atoms with Crippen LogP contribution in [0.25, 0.3) is 22.3 Å². The number of hydrogen-bond donors (Lipinski definition) is 0. The SMILES string of the molecule is CCCCCCCCCCCCc1ccc(-c2ccc(-c3ccc(CCCCCCCCCC)cc3)cc2)c(F)c1F. The van der Waals surface area contributed by atoms with Crippen molar-refractivity contribution in [3.05, 3.63) is 83.4 Å². The molecule has 0 fully saturated rings. The van der Waals surface area contributed by atoms with Crippen molar-refractivity contribution in [1.29, 1.82) is 0 Å². The molecule has 42 heavy (non-hydrogen) atoms. The Kier molecular flexibility index (Phi) is 16.5. The van der Waals surface area contributed by atoms with Gasteiger partial charge in [-0.05, 0) is 53.5 Å². The van der Waals surface area contributed by atoms with Gasteiger partial charge in [0, 0.05) is 5.56 Å². The minimum Gasteiger partial charge on any atom is -0.203 e. The Bertz CT molecular complexity index is 1110. The van der Waals surface area contributed by atoms with Crippen molar-refractivity contribution >= 4 is 0 Å². The van der Waals surface area contributed by atoms with E-state index in [1.165, 1.54) is 108 Å². The summed E-state index contributed by atoms with van der Waals surface area (Å²) in [6.45, 7) is 4.51. The monoisotopic (exact) mass is 574 g/mol. The van der Waals surface area contributed by atoms with Gasteiger partial charge < -0.3 is 0 Å². The van der Waals surface area contributed by atoms with Crippen LogP contribution >= 0.6 is 0 Å². The first kappa shape index (κ1) is 34.0. The van der Waals surface area contributed by atoms with E-state index in [-0.39, 0.29) is 0 Å². The standard InChI is InChI=1S/C40H56F2/c1-3-5-7-9-11-13-14-16-18-20-22-37-31-32-38(40(42)39(37)41)36-29-27-35(28-30-36)34-25-23-33(24-26-34)21-19-17-15-12-10-8-6-4-2/h23-32H,3-22H2,1-2H3. The molecule has 0 nitrogen and oxygen atoms in total. The van der Waals surface area contributed by atoms with E-state index in [1.807, 2.05) is 24.3 Å². The second-order valence-corrected chi connectivity index (χ2v) is 12.3. The van der Waals surface area contributed by atoms with Crippen molar-refractivity contribution in [3.8, 4) is 22.3 Å². The molecule has 3 aromatic rings. The number of rotatable bonds is 22. The van der Waals surface area contributed by atoms with E-state index in [9.17, 15) is 4.39 Å². The highest BCUT2D eigenvalue weighted by atomic mass is 19.2. The van der Waals surface area contributed by atoms with Crippen LogP contribution in [-0.4, -0.2) is 0 Å². The molecule has 3 aromatic carbocycles. The van der Waals surface area contributed by atoms with Crippen molar-refractivity contribution in [2.24, 2.45) is 0 Å². The lowest BCUT2D eigenvalue weighted by Crippen LogP contribution is -1.98. The average Bonchev–Trinajstić information content (AvgIpc) is 3.02. The molecule has 0 aliphatic rings. The molecule has 0 bridgehead atoms. The van der Waals surface area contributed by atoms with Crippen molar-refractivity contribution in [2.45, 2.75) is 142 Å². The van der Waals surface area contributed by atoms with E-state index >= 15 is 4.39 Å². The van der Waals surface area contributed by atoms with E-state index < -0.39 is 11.6 Å². The summed E-state index contributed by atoms with van der Waals surface area (Å²) in [5.41, 5.74) is 5.19. The summed E-state index contributed by atoms with van der Waals surface area (Å²) < 4.78 is 30.0. The van der Waals surface area contributed by atoms with Crippen molar-refractivity contribution in [1.82, 2.24) is 0 Å². The first-order valence-corrected chi connectivity index (χ1v) is 17.3. The molecule has 0 spiro atoms. The van der Waals surface area contributed by atoms with Gasteiger partial charge in [-0.2, -0.15) is 0 Å². The molecular weight excluding hydrogens is 518 g/mol. The molecular formula is C40H56F2. The van der Waals surface area contributed by atoms with Gasteiger partial charge in [-0.3, -0.25) is 0 Å². The number of hydrogen-bond acceptors (Lipinski definition) is 0. The Morgan fingerprint density at radius 3 is 1.29 bits per heavy atom. The van der Waals surface area contributed by atoms with Gasteiger partial charge in [0.05, 0.1) is 0 Å². The zero-order valence-corrected chi connectivity index (χ0v) is 26.7. The maximum atomic E-state index is 15.1. The number of unbranched alkanes of at least 4 members (excludes halogenated alkanes) is 16. The highest BCUT2D eigenvalue weighted by molar-refractivity contribution is 5.71. The number of halogens is 2. The predicted octanol–water partition coefficient (Wildman–Crippen LogP) is 13.4. The molecule has 0 saturated heterocycles. The molecule has 0 amide bonds. The van der Waals surface area contributed by atoms with Crippen LogP contribution in [0.15, 0.2) is 60.7 Å². The van der Waals surface area contributed by atoms with Gasteiger partial charge in [-0.1, -0.05) is 177 Å². The van der Waals surface area contributed by atoms with Crippen molar-refractivity contribution in [2.75, 3.05) is 0 Å². The molecule has 0 unspecified atom stereocenters. The maximum absolute atomic E-state index is 15.1. The van der Waals surface area contributed by atoms with Gasteiger partial charge in [0.15, 0.2) is 11.6 Å². The fourth-order valence-corrected chi connectivity index (χ4v) is 5.98. The zero-order chi connectivity index (χ0) is 29.8. The highest BCUT2D eigenvalue weighted by Gasteiger charge is 2.15. The van der Waals surface area contributed by atoms with Crippen LogP contribution in [-0.2, 0) is 12.8 Å². The van der Waals surface area contributed by atoms with Crippen LogP contribution < -0.4 is 0 Å². The molecule has 0 aromatic heterocycles. The third kappa shape index (κ3) is 12.0. The molecule has 0 atom stereocenters. The van der Waals surface area contributed by atoms with Gasteiger partial charge in [0.1, 0.15) is 0 Å².